The highest BCUT2D eigenvalue weighted by Crippen LogP contribution is 2.23. The largest absolute Gasteiger partial charge is 0.376 e. The molecule has 2 nitrogen and oxygen atoms in total. The Hall–Kier alpha value is -1.94. The first-order valence-corrected chi connectivity index (χ1v) is 9.79. The summed E-state index contributed by atoms with van der Waals surface area (Å²) in [4.78, 5) is 2.55. The highest BCUT2D eigenvalue weighted by Gasteiger charge is 2.19. The van der Waals surface area contributed by atoms with Gasteiger partial charge in [0, 0.05) is 13.2 Å². The number of fused-ring (bicyclic) bond motifs is 1. The maximum absolute atomic E-state index is 12.9. The topological polar surface area (TPSA) is 12.5 Å². The first kappa shape index (κ1) is 20.8. The first-order valence-electron chi connectivity index (χ1n) is 9.79. The average molecular weight is 400 g/mol. The van der Waals surface area contributed by atoms with Gasteiger partial charge in [-0.05, 0) is 65.9 Å². The van der Waals surface area contributed by atoms with Crippen molar-refractivity contribution in [1.29, 1.82) is 0 Å². The molecule has 0 unspecified atom stereocenters. The van der Waals surface area contributed by atoms with Gasteiger partial charge in [0.05, 0.1) is 6.61 Å². The van der Waals surface area contributed by atoms with Gasteiger partial charge in [-0.15, -0.1) is 12.4 Å². The molecule has 3 aromatic rings. The van der Waals surface area contributed by atoms with Crippen LogP contribution in [0.25, 0.3) is 10.8 Å². The molecule has 0 aromatic heterocycles. The first-order chi connectivity index (χ1) is 13.3. The van der Waals surface area contributed by atoms with E-state index in [2.05, 4.69) is 47.4 Å². The lowest BCUT2D eigenvalue weighted by Crippen LogP contribution is -2.34. The second kappa shape index (κ2) is 10.0. The van der Waals surface area contributed by atoms with Crippen LogP contribution in [0.2, 0.25) is 0 Å². The van der Waals surface area contributed by atoms with Crippen LogP contribution in [0.3, 0.4) is 0 Å². The van der Waals surface area contributed by atoms with Gasteiger partial charge in [0.2, 0.25) is 0 Å². The van der Waals surface area contributed by atoms with Crippen LogP contribution in [0, 0.1) is 11.7 Å². The van der Waals surface area contributed by atoms with Crippen LogP contribution in [-0.4, -0.2) is 24.6 Å². The van der Waals surface area contributed by atoms with E-state index >= 15 is 0 Å². The van der Waals surface area contributed by atoms with Crippen molar-refractivity contribution in [3.8, 4) is 0 Å². The van der Waals surface area contributed by atoms with Crippen molar-refractivity contribution in [2.45, 2.75) is 26.0 Å². The molecule has 0 saturated carbocycles. The zero-order valence-electron chi connectivity index (χ0n) is 16.0. The maximum atomic E-state index is 12.9. The fourth-order valence-corrected chi connectivity index (χ4v) is 3.91. The van der Waals surface area contributed by atoms with Gasteiger partial charge >= 0.3 is 0 Å². The van der Waals surface area contributed by atoms with Gasteiger partial charge in [-0.2, -0.15) is 0 Å². The van der Waals surface area contributed by atoms with Crippen molar-refractivity contribution in [2.75, 3.05) is 19.7 Å². The van der Waals surface area contributed by atoms with E-state index in [1.165, 1.54) is 41.3 Å². The standard InChI is InChI=1S/C24H26FNO.ClH/c25-23-10-8-19(9-11-23)17-27-18-20-12-14-26(15-13-20)16-22-6-3-5-21-4-1-2-7-24(21)22;/h1-11,20H,12-18H2;1H. The number of nitrogens with zero attached hydrogens (tertiary/aromatic N) is 1. The van der Waals surface area contributed by atoms with Gasteiger partial charge in [-0.1, -0.05) is 54.6 Å². The average Bonchev–Trinajstić information content (AvgIpc) is 2.71. The third-order valence-electron chi connectivity index (χ3n) is 5.52. The van der Waals surface area contributed by atoms with Crippen molar-refractivity contribution in [3.05, 3.63) is 83.7 Å². The number of halogens is 2. The summed E-state index contributed by atoms with van der Waals surface area (Å²) in [5.74, 6) is 0.423. The van der Waals surface area contributed by atoms with Crippen LogP contribution in [0.4, 0.5) is 4.39 Å². The molecule has 1 aliphatic rings. The molecule has 28 heavy (non-hydrogen) atoms. The summed E-state index contributed by atoms with van der Waals surface area (Å²) >= 11 is 0. The molecule has 1 saturated heterocycles. The van der Waals surface area contributed by atoms with E-state index in [0.717, 1.165) is 31.8 Å². The Labute approximate surface area is 172 Å². The van der Waals surface area contributed by atoms with Gasteiger partial charge in [0.25, 0.3) is 0 Å². The normalized spacial score (nSPS) is 15.5. The molecular formula is C24H27ClFNO. The lowest BCUT2D eigenvalue weighted by molar-refractivity contribution is 0.0563. The van der Waals surface area contributed by atoms with E-state index in [1.807, 2.05) is 0 Å². The molecule has 4 heteroatoms. The van der Waals surface area contributed by atoms with Crippen molar-refractivity contribution < 1.29 is 9.13 Å². The van der Waals surface area contributed by atoms with Crippen LogP contribution in [0.5, 0.6) is 0 Å². The predicted octanol–water partition coefficient (Wildman–Crippen LogP) is 5.83. The summed E-state index contributed by atoms with van der Waals surface area (Å²) in [6.45, 7) is 4.61. The third-order valence-corrected chi connectivity index (χ3v) is 5.52. The SMILES string of the molecule is Cl.Fc1ccc(COCC2CCN(Cc3cccc4ccccc34)CC2)cc1. The molecular weight excluding hydrogens is 373 g/mol. The summed E-state index contributed by atoms with van der Waals surface area (Å²) in [5.41, 5.74) is 2.45. The number of benzene rings is 3. The summed E-state index contributed by atoms with van der Waals surface area (Å²) < 4.78 is 18.8. The number of hydrogen-bond donors (Lipinski definition) is 0. The monoisotopic (exact) mass is 399 g/mol. The van der Waals surface area contributed by atoms with Gasteiger partial charge in [-0.3, -0.25) is 4.90 Å². The number of hydrogen-bond acceptors (Lipinski definition) is 2. The minimum atomic E-state index is -0.197. The van der Waals surface area contributed by atoms with Crippen molar-refractivity contribution in [3.63, 3.8) is 0 Å². The Morgan fingerprint density at radius 3 is 2.39 bits per heavy atom. The molecule has 1 fully saturated rings. The Morgan fingerprint density at radius 2 is 1.61 bits per heavy atom. The zero-order chi connectivity index (χ0) is 18.5. The highest BCUT2D eigenvalue weighted by atomic mass is 35.5. The highest BCUT2D eigenvalue weighted by molar-refractivity contribution is 5.85. The lowest BCUT2D eigenvalue weighted by Gasteiger charge is -2.32. The number of likely N-dealkylation sites (tertiary alicyclic amines) is 1. The van der Waals surface area contributed by atoms with Crippen molar-refractivity contribution in [1.82, 2.24) is 4.90 Å². The van der Waals surface area contributed by atoms with E-state index in [1.54, 1.807) is 12.1 Å². The van der Waals surface area contributed by atoms with Gasteiger partial charge in [-0.25, -0.2) is 4.39 Å². The maximum Gasteiger partial charge on any atom is 0.123 e. The van der Waals surface area contributed by atoms with Gasteiger partial charge in [0.1, 0.15) is 5.82 Å². The number of piperidine rings is 1. The second-order valence-electron chi connectivity index (χ2n) is 7.50. The van der Waals surface area contributed by atoms with Gasteiger partial charge in [0.15, 0.2) is 0 Å². The number of ether oxygens (including phenoxy) is 1. The molecule has 0 amide bonds. The molecule has 0 bridgehead atoms. The van der Waals surface area contributed by atoms with E-state index in [0.29, 0.717) is 12.5 Å². The van der Waals surface area contributed by atoms with Crippen LogP contribution in [-0.2, 0) is 17.9 Å². The number of rotatable bonds is 6. The van der Waals surface area contributed by atoms with E-state index in [9.17, 15) is 4.39 Å². The van der Waals surface area contributed by atoms with Gasteiger partial charge < -0.3 is 4.74 Å². The summed E-state index contributed by atoms with van der Waals surface area (Å²) in [5, 5.41) is 2.68. The van der Waals surface area contributed by atoms with E-state index in [4.69, 9.17) is 4.74 Å². The smallest absolute Gasteiger partial charge is 0.123 e. The van der Waals surface area contributed by atoms with Crippen LogP contribution >= 0.6 is 12.4 Å². The predicted molar refractivity (Wildman–Crippen MR) is 115 cm³/mol. The molecule has 0 N–H and O–H groups in total. The molecule has 148 valence electrons. The molecule has 0 atom stereocenters. The summed E-state index contributed by atoms with van der Waals surface area (Å²) in [7, 11) is 0. The van der Waals surface area contributed by atoms with Crippen molar-refractivity contribution in [2.24, 2.45) is 5.92 Å². The van der Waals surface area contributed by atoms with E-state index < -0.39 is 0 Å². The molecule has 0 radical (unpaired) electrons. The van der Waals surface area contributed by atoms with Crippen LogP contribution in [0.1, 0.15) is 24.0 Å². The summed E-state index contributed by atoms with van der Waals surface area (Å²) in [6.07, 6.45) is 2.35. The minimum absolute atomic E-state index is 0. The molecule has 3 aromatic carbocycles. The Morgan fingerprint density at radius 1 is 0.893 bits per heavy atom. The fraction of sp³-hybridized carbons (Fsp3) is 0.333. The van der Waals surface area contributed by atoms with Crippen LogP contribution in [0.15, 0.2) is 66.7 Å². The van der Waals surface area contributed by atoms with E-state index in [-0.39, 0.29) is 18.2 Å². The Kier molecular flexibility index (Phi) is 7.43. The summed E-state index contributed by atoms with van der Waals surface area (Å²) in [6, 6.07) is 21.8. The Bertz CT molecular complexity index is 870. The Balaban J connectivity index is 0.00000225. The fourth-order valence-electron chi connectivity index (χ4n) is 3.91. The molecule has 4 rings (SSSR count). The van der Waals surface area contributed by atoms with Crippen LogP contribution < -0.4 is 0 Å². The third kappa shape index (κ3) is 5.32. The lowest BCUT2D eigenvalue weighted by atomic mass is 9.96. The molecule has 0 aliphatic carbocycles. The van der Waals surface area contributed by atoms with Crippen molar-refractivity contribution >= 4 is 23.2 Å². The second-order valence-corrected chi connectivity index (χ2v) is 7.50. The zero-order valence-corrected chi connectivity index (χ0v) is 16.8. The minimum Gasteiger partial charge on any atom is -0.376 e. The molecule has 1 heterocycles. The molecule has 0 spiro atoms. The quantitative estimate of drug-likeness (QED) is 0.517. The molecule has 1 aliphatic heterocycles.